The van der Waals surface area contributed by atoms with Gasteiger partial charge in [-0.2, -0.15) is 0 Å². The van der Waals surface area contributed by atoms with Gasteiger partial charge in [0.05, 0.1) is 40.0 Å². The van der Waals surface area contributed by atoms with Crippen LogP contribution in [0, 0.1) is 13.8 Å². The van der Waals surface area contributed by atoms with Gasteiger partial charge in [0.15, 0.2) is 6.10 Å². The number of hydrogen-bond acceptors (Lipinski definition) is 10. The zero-order chi connectivity index (χ0) is 48.2. The highest BCUT2D eigenvalue weighted by atomic mass is 31.2. The Bertz CT molecular complexity index is 1510. The molecule has 0 amide bonds. The van der Waals surface area contributed by atoms with Gasteiger partial charge in [-0.15, -0.1) is 0 Å². The Morgan fingerprint density at radius 3 is 1.77 bits per heavy atom. The summed E-state index contributed by atoms with van der Waals surface area (Å²) in [6.07, 6.45) is 33.2. The van der Waals surface area contributed by atoms with Crippen molar-refractivity contribution in [3.8, 4) is 0 Å². The molecule has 0 aromatic carbocycles. The Kier molecular flexibility index (Phi) is 34.8. The number of esters is 2. The normalized spacial score (nSPS) is 14.7. The van der Waals surface area contributed by atoms with E-state index in [0.717, 1.165) is 64.2 Å². The van der Waals surface area contributed by atoms with E-state index in [9.17, 15) is 29.3 Å². The zero-order valence-electron chi connectivity index (χ0n) is 41.9. The summed E-state index contributed by atoms with van der Waals surface area (Å²) < 4.78 is 40.5. The molecule has 0 aliphatic carbocycles. The number of ether oxygens (including phenoxy) is 2. The first-order valence-electron chi connectivity index (χ1n) is 25.2. The summed E-state index contributed by atoms with van der Waals surface area (Å²) in [5.41, 5.74) is 2.67. The Balaban J connectivity index is 2.39. The molecule has 0 bridgehead atoms. The molecule has 376 valence electrons. The molecule has 1 heterocycles. The number of unbranched alkanes of at least 4 members (excludes halogenated alkanes) is 14. The van der Waals surface area contributed by atoms with Crippen molar-refractivity contribution in [2.45, 2.75) is 213 Å². The number of rotatable bonds is 42. The number of likely N-dealkylation sites (N-methyl/N-ethyl adjacent to an activating group) is 1. The number of phosphoric ester groups is 1. The highest BCUT2D eigenvalue weighted by Crippen LogP contribution is 2.43. The van der Waals surface area contributed by atoms with Crippen molar-refractivity contribution in [2.24, 2.45) is 0 Å². The Morgan fingerprint density at radius 1 is 0.646 bits per heavy atom. The number of furan rings is 1. The molecule has 0 spiro atoms. The van der Waals surface area contributed by atoms with Gasteiger partial charge in [0.25, 0.3) is 0 Å². The summed E-state index contributed by atoms with van der Waals surface area (Å²) in [6, 6.07) is 0. The number of allylic oxidation sites excluding steroid dienone is 5. The van der Waals surface area contributed by atoms with Crippen molar-refractivity contribution in [3.63, 3.8) is 0 Å². The Labute approximate surface area is 394 Å². The van der Waals surface area contributed by atoms with Crippen LogP contribution in [0.3, 0.4) is 0 Å². The predicted molar refractivity (Wildman–Crippen MR) is 263 cm³/mol. The van der Waals surface area contributed by atoms with Gasteiger partial charge < -0.3 is 33.5 Å². The quantitative estimate of drug-likeness (QED) is 0.0188. The number of nitrogens with zero attached hydrogens (tertiary/aromatic N) is 1. The second-order valence-electron chi connectivity index (χ2n) is 18.7. The lowest BCUT2D eigenvalue weighted by molar-refractivity contribution is -0.870. The molecular weight excluding hydrogens is 846 g/mol. The van der Waals surface area contributed by atoms with Gasteiger partial charge >= 0.3 is 19.8 Å². The van der Waals surface area contributed by atoms with E-state index in [1.165, 1.54) is 86.9 Å². The summed E-state index contributed by atoms with van der Waals surface area (Å²) in [5, 5.41) is 20.8. The molecule has 0 saturated carbocycles. The number of carbonyl (C=O) groups is 2. The molecule has 0 saturated heterocycles. The van der Waals surface area contributed by atoms with Crippen LogP contribution in [0.2, 0.25) is 0 Å². The lowest BCUT2D eigenvalue weighted by Crippen LogP contribution is -2.37. The smallest absolute Gasteiger partial charge is 0.466 e. The molecule has 4 atom stereocenters. The summed E-state index contributed by atoms with van der Waals surface area (Å²) in [5.74, 6) is 1.25. The third kappa shape index (κ3) is 33.5. The maximum Gasteiger partial charge on any atom is 0.472 e. The van der Waals surface area contributed by atoms with Crippen molar-refractivity contribution in [1.82, 2.24) is 0 Å². The third-order valence-electron chi connectivity index (χ3n) is 11.6. The molecule has 12 nitrogen and oxygen atoms in total. The number of quaternary nitrogens is 1. The third-order valence-corrected chi connectivity index (χ3v) is 12.6. The van der Waals surface area contributed by atoms with Crippen LogP contribution in [0.15, 0.2) is 40.9 Å². The molecule has 0 fully saturated rings. The number of aliphatic hydroxyl groups is 2. The van der Waals surface area contributed by atoms with E-state index in [2.05, 4.69) is 52.0 Å². The standard InChI is InChI=1S/C52H92NO11P/c1-8-10-12-13-14-15-16-17-20-23-26-30-34-47(54)48(55)35-33-39-51(56)60-42-46(43-62-65(58,59)61-41-40-53(5,6)7)63-52(57)38-32-28-25-22-19-18-21-24-27-31-37-50-45(4)44(3)49(64-50)36-29-11-9-2/h14-15,17,20,26,30,46-48,54-55H,8-13,16,18-19,21-25,27-29,31-43H2,1-7H3/p+1/b15-14-,20-17-,30-26-/t46-,47?,48?/m1/s1. The molecule has 1 aromatic rings. The average Bonchev–Trinajstić information content (AvgIpc) is 3.52. The molecule has 3 unspecified atom stereocenters. The number of aryl methyl sites for hydroxylation is 2. The van der Waals surface area contributed by atoms with Crippen LogP contribution >= 0.6 is 7.82 Å². The monoisotopic (exact) mass is 939 g/mol. The van der Waals surface area contributed by atoms with Crippen LogP contribution in [-0.2, 0) is 45.5 Å². The van der Waals surface area contributed by atoms with Gasteiger partial charge in [-0.05, 0) is 89.2 Å². The average molecular weight is 939 g/mol. The van der Waals surface area contributed by atoms with Gasteiger partial charge in [0.1, 0.15) is 31.3 Å². The number of hydrogen-bond donors (Lipinski definition) is 3. The van der Waals surface area contributed by atoms with Crippen molar-refractivity contribution < 1.29 is 56.7 Å². The maximum atomic E-state index is 12.8. The van der Waals surface area contributed by atoms with Gasteiger partial charge in [-0.3, -0.25) is 18.6 Å². The van der Waals surface area contributed by atoms with Crippen LogP contribution < -0.4 is 0 Å². The van der Waals surface area contributed by atoms with E-state index >= 15 is 0 Å². The summed E-state index contributed by atoms with van der Waals surface area (Å²) >= 11 is 0. The van der Waals surface area contributed by atoms with E-state index in [-0.39, 0.29) is 38.9 Å². The van der Waals surface area contributed by atoms with Crippen molar-refractivity contribution in [1.29, 1.82) is 0 Å². The summed E-state index contributed by atoms with van der Waals surface area (Å²) in [4.78, 5) is 35.7. The fourth-order valence-corrected chi connectivity index (χ4v) is 7.92. The van der Waals surface area contributed by atoms with Gasteiger partial charge in [-0.1, -0.05) is 127 Å². The molecule has 0 radical (unpaired) electrons. The van der Waals surface area contributed by atoms with E-state index < -0.39 is 44.7 Å². The first-order valence-corrected chi connectivity index (χ1v) is 26.7. The van der Waals surface area contributed by atoms with Crippen LogP contribution in [-0.4, -0.2) is 97.3 Å². The topological polar surface area (TPSA) is 162 Å². The van der Waals surface area contributed by atoms with Crippen LogP contribution in [0.4, 0.5) is 0 Å². The molecule has 1 aromatic heterocycles. The van der Waals surface area contributed by atoms with Crippen molar-refractivity contribution >= 4 is 19.8 Å². The SMILES string of the molecule is CCCCC/C=C\C/C=C\C/C=C\CC(O)C(O)CCCC(=O)OC[C@H](COP(=O)(O)OCC[N+](C)(C)C)OC(=O)CCCCCCCCCCCCc1oc(CCCCC)c(C)c1C. The van der Waals surface area contributed by atoms with E-state index in [4.69, 9.17) is 22.9 Å². The molecule has 65 heavy (non-hydrogen) atoms. The molecule has 13 heteroatoms. The largest absolute Gasteiger partial charge is 0.472 e. The summed E-state index contributed by atoms with van der Waals surface area (Å²) in [6.45, 7) is 8.39. The van der Waals surface area contributed by atoms with Gasteiger partial charge in [-0.25, -0.2) is 4.57 Å². The maximum absolute atomic E-state index is 12.8. The minimum atomic E-state index is -4.46. The van der Waals surface area contributed by atoms with Crippen molar-refractivity contribution in [3.05, 3.63) is 59.1 Å². The lowest BCUT2D eigenvalue weighted by atomic mass is 10.0. The zero-order valence-corrected chi connectivity index (χ0v) is 42.8. The van der Waals surface area contributed by atoms with Crippen LogP contribution in [0.25, 0.3) is 0 Å². The highest BCUT2D eigenvalue weighted by molar-refractivity contribution is 7.47. The van der Waals surface area contributed by atoms with E-state index in [0.29, 0.717) is 23.9 Å². The Morgan fingerprint density at radius 2 is 1.17 bits per heavy atom. The highest BCUT2D eigenvalue weighted by Gasteiger charge is 2.27. The second-order valence-corrected chi connectivity index (χ2v) is 20.2. The van der Waals surface area contributed by atoms with Gasteiger partial charge in [0, 0.05) is 25.7 Å². The molecule has 1 rings (SSSR count). The number of aliphatic hydroxyl groups excluding tert-OH is 2. The van der Waals surface area contributed by atoms with E-state index in [1.54, 1.807) is 0 Å². The molecular formula is C52H93NO11P+. The van der Waals surface area contributed by atoms with Crippen LogP contribution in [0.5, 0.6) is 0 Å². The fourth-order valence-electron chi connectivity index (χ4n) is 7.18. The predicted octanol–water partition coefficient (Wildman–Crippen LogP) is 12.1. The fraction of sp³-hybridized carbons (Fsp3) is 0.769. The van der Waals surface area contributed by atoms with Crippen LogP contribution in [0.1, 0.15) is 191 Å². The lowest BCUT2D eigenvalue weighted by Gasteiger charge is -2.24. The number of carbonyl (C=O) groups excluding carboxylic acids is 2. The molecule has 0 aliphatic heterocycles. The molecule has 3 N–H and O–H groups in total. The summed E-state index contributed by atoms with van der Waals surface area (Å²) in [7, 11) is 1.31. The first-order chi connectivity index (χ1) is 31.1. The second kappa shape index (κ2) is 37.4. The number of phosphoric acid groups is 1. The van der Waals surface area contributed by atoms with Crippen molar-refractivity contribution in [2.75, 3.05) is 47.5 Å². The molecule has 0 aliphatic rings. The first kappa shape index (κ1) is 60.4. The minimum Gasteiger partial charge on any atom is -0.466 e. The minimum absolute atomic E-state index is 0.0196. The van der Waals surface area contributed by atoms with E-state index in [1.807, 2.05) is 33.3 Å². The Hall–Kier alpha value is -2.57. The van der Waals surface area contributed by atoms with Gasteiger partial charge in [0.2, 0.25) is 0 Å².